The molecule has 0 atom stereocenters. The molecular formula is C10H19N3O. The SMILES string of the molecule is CNCCCCNCc1cc(C)on1. The highest BCUT2D eigenvalue weighted by Crippen LogP contribution is 2.00. The summed E-state index contributed by atoms with van der Waals surface area (Å²) in [5.74, 6) is 0.872. The first-order valence-electron chi connectivity index (χ1n) is 5.10. The zero-order valence-electron chi connectivity index (χ0n) is 8.97. The molecule has 0 aliphatic heterocycles. The highest BCUT2D eigenvalue weighted by atomic mass is 16.5. The van der Waals surface area contributed by atoms with Crippen molar-refractivity contribution in [2.45, 2.75) is 26.3 Å². The number of unbranched alkanes of at least 4 members (excludes halogenated alkanes) is 1. The van der Waals surface area contributed by atoms with E-state index in [4.69, 9.17) is 4.52 Å². The Kier molecular flexibility index (Phi) is 5.25. The molecule has 0 amide bonds. The van der Waals surface area contributed by atoms with Crippen LogP contribution < -0.4 is 10.6 Å². The lowest BCUT2D eigenvalue weighted by Crippen LogP contribution is -2.16. The molecule has 0 aromatic carbocycles. The summed E-state index contributed by atoms with van der Waals surface area (Å²) >= 11 is 0. The van der Waals surface area contributed by atoms with Gasteiger partial charge in [0.1, 0.15) is 5.76 Å². The van der Waals surface area contributed by atoms with Gasteiger partial charge in [0, 0.05) is 12.6 Å². The van der Waals surface area contributed by atoms with E-state index in [1.54, 1.807) is 0 Å². The van der Waals surface area contributed by atoms with Gasteiger partial charge in [-0.3, -0.25) is 0 Å². The summed E-state index contributed by atoms with van der Waals surface area (Å²) in [6.45, 7) is 4.83. The molecule has 14 heavy (non-hydrogen) atoms. The van der Waals surface area contributed by atoms with Crippen LogP contribution in [-0.2, 0) is 6.54 Å². The lowest BCUT2D eigenvalue weighted by Gasteiger charge is -2.01. The van der Waals surface area contributed by atoms with Crippen molar-refractivity contribution < 1.29 is 4.52 Å². The summed E-state index contributed by atoms with van der Waals surface area (Å²) in [7, 11) is 1.98. The van der Waals surface area contributed by atoms with Crippen molar-refractivity contribution in [1.82, 2.24) is 15.8 Å². The van der Waals surface area contributed by atoms with Gasteiger partial charge in [0.05, 0.1) is 5.69 Å². The third-order valence-corrected chi connectivity index (χ3v) is 2.01. The number of aryl methyl sites for hydroxylation is 1. The minimum absolute atomic E-state index is 0.802. The highest BCUT2D eigenvalue weighted by Gasteiger charge is 1.98. The van der Waals surface area contributed by atoms with Gasteiger partial charge < -0.3 is 15.2 Å². The maximum absolute atomic E-state index is 4.96. The molecule has 1 heterocycles. The van der Waals surface area contributed by atoms with Crippen molar-refractivity contribution in [2.75, 3.05) is 20.1 Å². The first kappa shape index (κ1) is 11.2. The number of rotatable bonds is 7. The van der Waals surface area contributed by atoms with Crippen LogP contribution in [0.4, 0.5) is 0 Å². The minimum atomic E-state index is 0.802. The Balaban J connectivity index is 1.99. The summed E-state index contributed by atoms with van der Waals surface area (Å²) < 4.78 is 4.96. The van der Waals surface area contributed by atoms with Crippen molar-refractivity contribution in [3.8, 4) is 0 Å². The van der Waals surface area contributed by atoms with E-state index in [0.29, 0.717) is 0 Å². The van der Waals surface area contributed by atoms with Gasteiger partial charge in [0.2, 0.25) is 0 Å². The Morgan fingerprint density at radius 2 is 2.14 bits per heavy atom. The van der Waals surface area contributed by atoms with E-state index in [1.807, 2.05) is 20.0 Å². The number of nitrogens with one attached hydrogen (secondary N) is 2. The molecular weight excluding hydrogens is 178 g/mol. The fourth-order valence-corrected chi connectivity index (χ4v) is 1.27. The van der Waals surface area contributed by atoms with E-state index in [9.17, 15) is 0 Å². The lowest BCUT2D eigenvalue weighted by molar-refractivity contribution is 0.388. The van der Waals surface area contributed by atoms with E-state index >= 15 is 0 Å². The van der Waals surface area contributed by atoms with Crippen molar-refractivity contribution in [3.63, 3.8) is 0 Å². The zero-order chi connectivity index (χ0) is 10.2. The smallest absolute Gasteiger partial charge is 0.133 e. The number of nitrogens with zero attached hydrogens (tertiary/aromatic N) is 1. The van der Waals surface area contributed by atoms with Crippen LogP contribution in [0.1, 0.15) is 24.3 Å². The molecule has 2 N–H and O–H groups in total. The van der Waals surface area contributed by atoms with E-state index < -0.39 is 0 Å². The van der Waals surface area contributed by atoms with Gasteiger partial charge in [-0.05, 0) is 39.9 Å². The molecule has 0 saturated carbocycles. The Labute approximate surface area is 85.1 Å². The van der Waals surface area contributed by atoms with Crippen LogP contribution >= 0.6 is 0 Å². The fraction of sp³-hybridized carbons (Fsp3) is 0.700. The summed E-state index contributed by atoms with van der Waals surface area (Å²) in [6.07, 6.45) is 2.40. The summed E-state index contributed by atoms with van der Waals surface area (Å²) in [5, 5.41) is 10.3. The van der Waals surface area contributed by atoms with E-state index in [0.717, 1.165) is 31.1 Å². The molecule has 0 saturated heterocycles. The first-order chi connectivity index (χ1) is 6.83. The minimum Gasteiger partial charge on any atom is -0.361 e. The van der Waals surface area contributed by atoms with Crippen molar-refractivity contribution in [2.24, 2.45) is 0 Å². The van der Waals surface area contributed by atoms with Gasteiger partial charge in [0.25, 0.3) is 0 Å². The topological polar surface area (TPSA) is 50.1 Å². The van der Waals surface area contributed by atoms with Gasteiger partial charge in [-0.25, -0.2) is 0 Å². The van der Waals surface area contributed by atoms with Crippen LogP contribution in [0.25, 0.3) is 0 Å². The molecule has 0 fully saturated rings. The molecule has 0 bridgehead atoms. The Bertz CT molecular complexity index is 247. The van der Waals surface area contributed by atoms with Gasteiger partial charge in [-0.1, -0.05) is 5.16 Å². The van der Waals surface area contributed by atoms with E-state index in [-0.39, 0.29) is 0 Å². The number of hydrogen-bond acceptors (Lipinski definition) is 4. The predicted molar refractivity (Wildman–Crippen MR) is 56.1 cm³/mol. The molecule has 80 valence electrons. The molecule has 0 radical (unpaired) electrons. The van der Waals surface area contributed by atoms with Gasteiger partial charge in [-0.15, -0.1) is 0 Å². The largest absolute Gasteiger partial charge is 0.361 e. The molecule has 1 aromatic rings. The summed E-state index contributed by atoms with van der Waals surface area (Å²) in [4.78, 5) is 0. The second-order valence-electron chi connectivity index (χ2n) is 3.42. The average Bonchev–Trinajstić information content (AvgIpc) is 2.58. The zero-order valence-corrected chi connectivity index (χ0v) is 8.97. The van der Waals surface area contributed by atoms with Crippen molar-refractivity contribution in [1.29, 1.82) is 0 Å². The first-order valence-corrected chi connectivity index (χ1v) is 5.10. The van der Waals surface area contributed by atoms with Crippen LogP contribution in [0.2, 0.25) is 0 Å². The lowest BCUT2D eigenvalue weighted by atomic mass is 10.3. The number of aromatic nitrogens is 1. The van der Waals surface area contributed by atoms with Crippen LogP contribution in [0.5, 0.6) is 0 Å². The molecule has 1 aromatic heterocycles. The quantitative estimate of drug-likeness (QED) is 0.642. The van der Waals surface area contributed by atoms with Crippen LogP contribution in [0, 0.1) is 6.92 Å². The monoisotopic (exact) mass is 197 g/mol. The highest BCUT2D eigenvalue weighted by molar-refractivity contribution is 5.02. The summed E-state index contributed by atoms with van der Waals surface area (Å²) in [5.41, 5.74) is 0.983. The van der Waals surface area contributed by atoms with Crippen molar-refractivity contribution >= 4 is 0 Å². The van der Waals surface area contributed by atoms with Crippen LogP contribution in [-0.4, -0.2) is 25.3 Å². The van der Waals surface area contributed by atoms with Crippen LogP contribution in [0.15, 0.2) is 10.6 Å². The van der Waals surface area contributed by atoms with Gasteiger partial charge in [0.15, 0.2) is 0 Å². The maximum Gasteiger partial charge on any atom is 0.133 e. The molecule has 0 aliphatic carbocycles. The maximum atomic E-state index is 4.96. The van der Waals surface area contributed by atoms with Gasteiger partial charge >= 0.3 is 0 Å². The van der Waals surface area contributed by atoms with Crippen LogP contribution in [0.3, 0.4) is 0 Å². The van der Waals surface area contributed by atoms with Gasteiger partial charge in [-0.2, -0.15) is 0 Å². The third kappa shape index (κ3) is 4.39. The predicted octanol–water partition coefficient (Wildman–Crippen LogP) is 1.07. The molecule has 4 nitrogen and oxygen atoms in total. The third-order valence-electron chi connectivity index (χ3n) is 2.01. The van der Waals surface area contributed by atoms with E-state index in [1.165, 1.54) is 12.8 Å². The normalized spacial score (nSPS) is 10.7. The Hall–Kier alpha value is -0.870. The molecule has 4 heteroatoms. The van der Waals surface area contributed by atoms with Crippen molar-refractivity contribution in [3.05, 3.63) is 17.5 Å². The number of hydrogen-bond donors (Lipinski definition) is 2. The second-order valence-corrected chi connectivity index (χ2v) is 3.42. The molecule has 1 rings (SSSR count). The second kappa shape index (κ2) is 6.56. The Morgan fingerprint density at radius 1 is 1.36 bits per heavy atom. The average molecular weight is 197 g/mol. The molecule has 0 aliphatic rings. The van der Waals surface area contributed by atoms with E-state index in [2.05, 4.69) is 15.8 Å². The molecule has 0 spiro atoms. The standard InChI is InChI=1S/C10H19N3O/c1-9-7-10(13-14-9)8-12-6-4-3-5-11-2/h7,11-12H,3-6,8H2,1-2H3. The Morgan fingerprint density at radius 3 is 2.79 bits per heavy atom. The molecule has 0 unspecified atom stereocenters. The fourth-order valence-electron chi connectivity index (χ4n) is 1.27. The summed E-state index contributed by atoms with van der Waals surface area (Å²) in [6, 6.07) is 1.96.